The molecule has 5 nitrogen and oxygen atoms in total. The summed E-state index contributed by atoms with van der Waals surface area (Å²) in [6.07, 6.45) is 0.753. The van der Waals surface area contributed by atoms with Crippen LogP contribution in [0.5, 0.6) is 5.75 Å². The Morgan fingerprint density at radius 3 is 2.46 bits per heavy atom. The Labute approximate surface area is 141 Å². The van der Waals surface area contributed by atoms with Crippen LogP contribution in [-0.4, -0.2) is 30.1 Å². The minimum Gasteiger partial charge on any atom is -0.482 e. The van der Waals surface area contributed by atoms with Gasteiger partial charge in [0.25, 0.3) is 5.91 Å². The summed E-state index contributed by atoms with van der Waals surface area (Å²) in [5.74, 6) is -0.905. The first kappa shape index (κ1) is 17.5. The molecule has 0 saturated heterocycles. The van der Waals surface area contributed by atoms with Crippen LogP contribution in [0.25, 0.3) is 0 Å². The Balaban J connectivity index is 1.90. The van der Waals surface area contributed by atoms with Gasteiger partial charge in [-0.1, -0.05) is 35.4 Å². The summed E-state index contributed by atoms with van der Waals surface area (Å²) in [5, 5.41) is 11.5. The van der Waals surface area contributed by atoms with Gasteiger partial charge in [0.15, 0.2) is 6.61 Å². The highest BCUT2D eigenvalue weighted by Gasteiger charge is 2.07. The lowest BCUT2D eigenvalue weighted by Crippen LogP contribution is -2.25. The number of ether oxygens (including phenoxy) is 1. The van der Waals surface area contributed by atoms with Crippen molar-refractivity contribution in [3.8, 4) is 5.75 Å². The normalized spacial score (nSPS) is 10.2. The summed E-state index contributed by atoms with van der Waals surface area (Å²) >= 11 is 0. The van der Waals surface area contributed by atoms with Gasteiger partial charge in [-0.15, -0.1) is 0 Å². The van der Waals surface area contributed by atoms with Crippen molar-refractivity contribution in [1.82, 2.24) is 5.32 Å². The van der Waals surface area contributed by atoms with Crippen LogP contribution >= 0.6 is 0 Å². The predicted octanol–water partition coefficient (Wildman–Crippen LogP) is 2.74. The van der Waals surface area contributed by atoms with Gasteiger partial charge in [-0.3, -0.25) is 4.79 Å². The molecule has 0 radical (unpaired) electrons. The molecule has 0 aliphatic carbocycles. The number of amides is 1. The molecule has 0 aliphatic heterocycles. The van der Waals surface area contributed by atoms with E-state index < -0.39 is 12.6 Å². The quantitative estimate of drug-likeness (QED) is 0.820. The van der Waals surface area contributed by atoms with Gasteiger partial charge >= 0.3 is 5.97 Å². The van der Waals surface area contributed by atoms with Gasteiger partial charge in [0.1, 0.15) is 5.75 Å². The largest absolute Gasteiger partial charge is 0.482 e. The Morgan fingerprint density at radius 1 is 1.08 bits per heavy atom. The summed E-state index contributed by atoms with van der Waals surface area (Å²) in [7, 11) is 0. The van der Waals surface area contributed by atoms with Crippen molar-refractivity contribution in [3.05, 3.63) is 64.7 Å². The number of rotatable bonds is 7. The number of carbonyl (C=O) groups excluding carboxylic acids is 1. The standard InChI is InChI=1S/C19H21NO4/c1-13-8-14(2)10-15(9-13)6-7-20-19(23)16-4-3-5-17(11-16)24-12-18(21)22/h3-5,8-11H,6-7,12H2,1-2H3,(H,20,23)(H,21,22). The van der Waals surface area contributed by atoms with E-state index in [1.807, 2.05) is 0 Å². The minimum absolute atomic E-state index is 0.208. The monoisotopic (exact) mass is 327 g/mol. The lowest BCUT2D eigenvalue weighted by atomic mass is 10.1. The van der Waals surface area contributed by atoms with Crippen LogP contribution in [-0.2, 0) is 11.2 Å². The fourth-order valence-electron chi connectivity index (χ4n) is 2.51. The van der Waals surface area contributed by atoms with E-state index in [-0.39, 0.29) is 5.91 Å². The summed E-state index contributed by atoms with van der Waals surface area (Å²) in [4.78, 5) is 22.7. The minimum atomic E-state index is -1.06. The van der Waals surface area contributed by atoms with Crippen LogP contribution < -0.4 is 10.1 Å². The topological polar surface area (TPSA) is 75.6 Å². The Morgan fingerprint density at radius 2 is 1.79 bits per heavy atom. The van der Waals surface area contributed by atoms with Gasteiger partial charge in [0, 0.05) is 12.1 Å². The molecular weight excluding hydrogens is 306 g/mol. The first-order valence-corrected chi connectivity index (χ1v) is 7.74. The summed E-state index contributed by atoms with van der Waals surface area (Å²) in [5.41, 5.74) is 4.05. The van der Waals surface area contributed by atoms with Crippen LogP contribution in [0.4, 0.5) is 0 Å². The Bertz CT molecular complexity index is 720. The summed E-state index contributed by atoms with van der Waals surface area (Å²) in [6, 6.07) is 12.8. The summed E-state index contributed by atoms with van der Waals surface area (Å²) < 4.78 is 5.08. The van der Waals surface area contributed by atoms with Gasteiger partial charge < -0.3 is 15.2 Å². The first-order chi connectivity index (χ1) is 11.4. The molecule has 1 amide bonds. The van der Waals surface area contributed by atoms with E-state index in [0.29, 0.717) is 17.9 Å². The van der Waals surface area contributed by atoms with E-state index in [9.17, 15) is 9.59 Å². The fraction of sp³-hybridized carbons (Fsp3) is 0.263. The zero-order valence-electron chi connectivity index (χ0n) is 13.8. The zero-order valence-corrected chi connectivity index (χ0v) is 13.8. The van der Waals surface area contributed by atoms with E-state index in [1.54, 1.807) is 18.2 Å². The molecule has 126 valence electrons. The molecule has 0 fully saturated rings. The molecule has 5 heteroatoms. The molecular formula is C19H21NO4. The number of aliphatic carboxylic acids is 1. The molecule has 2 aromatic carbocycles. The van der Waals surface area contributed by atoms with Crippen LogP contribution in [0.3, 0.4) is 0 Å². The smallest absolute Gasteiger partial charge is 0.341 e. The molecule has 2 rings (SSSR count). The van der Waals surface area contributed by atoms with Gasteiger partial charge in [-0.05, 0) is 44.0 Å². The van der Waals surface area contributed by atoms with Crippen molar-refractivity contribution < 1.29 is 19.4 Å². The molecule has 0 spiro atoms. The van der Waals surface area contributed by atoms with Gasteiger partial charge in [-0.2, -0.15) is 0 Å². The first-order valence-electron chi connectivity index (χ1n) is 7.74. The van der Waals surface area contributed by atoms with Gasteiger partial charge in [0.05, 0.1) is 0 Å². The van der Waals surface area contributed by atoms with Crippen molar-refractivity contribution in [1.29, 1.82) is 0 Å². The van der Waals surface area contributed by atoms with Crippen molar-refractivity contribution >= 4 is 11.9 Å². The molecule has 2 aromatic rings. The molecule has 0 aromatic heterocycles. The molecule has 0 bridgehead atoms. The number of nitrogens with one attached hydrogen (secondary N) is 1. The Kier molecular flexibility index (Phi) is 5.95. The molecule has 24 heavy (non-hydrogen) atoms. The van der Waals surface area contributed by atoms with E-state index in [2.05, 4.69) is 37.4 Å². The second-order valence-corrected chi connectivity index (χ2v) is 5.71. The van der Waals surface area contributed by atoms with Gasteiger partial charge in [0.2, 0.25) is 0 Å². The maximum atomic E-state index is 12.2. The number of aryl methyl sites for hydroxylation is 2. The highest BCUT2D eigenvalue weighted by Crippen LogP contribution is 2.13. The molecule has 0 saturated carbocycles. The maximum absolute atomic E-state index is 12.2. The van der Waals surface area contributed by atoms with E-state index in [4.69, 9.17) is 9.84 Å². The number of benzene rings is 2. The highest BCUT2D eigenvalue weighted by molar-refractivity contribution is 5.94. The van der Waals surface area contributed by atoms with Gasteiger partial charge in [-0.25, -0.2) is 4.79 Å². The third kappa shape index (κ3) is 5.43. The van der Waals surface area contributed by atoms with Crippen molar-refractivity contribution in [2.24, 2.45) is 0 Å². The van der Waals surface area contributed by atoms with E-state index in [1.165, 1.54) is 22.8 Å². The highest BCUT2D eigenvalue weighted by atomic mass is 16.5. The third-order valence-electron chi connectivity index (χ3n) is 3.44. The fourth-order valence-corrected chi connectivity index (χ4v) is 2.51. The maximum Gasteiger partial charge on any atom is 0.341 e. The molecule has 2 N–H and O–H groups in total. The average molecular weight is 327 g/mol. The van der Waals surface area contributed by atoms with Crippen molar-refractivity contribution in [2.45, 2.75) is 20.3 Å². The molecule has 0 aliphatic rings. The SMILES string of the molecule is Cc1cc(C)cc(CCNC(=O)c2cccc(OCC(=O)O)c2)c1. The lowest BCUT2D eigenvalue weighted by Gasteiger charge is -2.09. The molecule has 0 unspecified atom stereocenters. The number of carbonyl (C=O) groups is 2. The van der Waals surface area contributed by atoms with Crippen LogP contribution in [0.1, 0.15) is 27.0 Å². The number of hydrogen-bond acceptors (Lipinski definition) is 3. The van der Waals surface area contributed by atoms with Crippen LogP contribution in [0.15, 0.2) is 42.5 Å². The predicted molar refractivity (Wildman–Crippen MR) is 91.5 cm³/mol. The summed E-state index contributed by atoms with van der Waals surface area (Å²) in [6.45, 7) is 4.20. The van der Waals surface area contributed by atoms with Crippen molar-refractivity contribution in [3.63, 3.8) is 0 Å². The zero-order chi connectivity index (χ0) is 17.5. The average Bonchev–Trinajstić information content (AvgIpc) is 2.52. The van der Waals surface area contributed by atoms with Crippen LogP contribution in [0.2, 0.25) is 0 Å². The van der Waals surface area contributed by atoms with Crippen LogP contribution in [0, 0.1) is 13.8 Å². The number of carboxylic acids is 1. The third-order valence-corrected chi connectivity index (χ3v) is 3.44. The van der Waals surface area contributed by atoms with Crippen molar-refractivity contribution in [2.75, 3.05) is 13.2 Å². The molecule has 0 atom stereocenters. The molecule has 0 heterocycles. The van der Waals surface area contributed by atoms with E-state index in [0.717, 1.165) is 6.42 Å². The lowest BCUT2D eigenvalue weighted by molar-refractivity contribution is -0.139. The second kappa shape index (κ2) is 8.15. The second-order valence-electron chi connectivity index (χ2n) is 5.71. The van der Waals surface area contributed by atoms with E-state index >= 15 is 0 Å². The number of hydrogen-bond donors (Lipinski definition) is 2. The number of carboxylic acid groups (broad SMARTS) is 1. The Hall–Kier alpha value is -2.82.